The van der Waals surface area contributed by atoms with E-state index >= 15 is 0 Å². The van der Waals surface area contributed by atoms with Crippen molar-refractivity contribution in [3.05, 3.63) is 107 Å². The molecule has 8 rings (SSSR count). The molecular weight excluding hydrogens is 1040 g/mol. The summed E-state index contributed by atoms with van der Waals surface area (Å²) in [6, 6.07) is 13.4. The van der Waals surface area contributed by atoms with Gasteiger partial charge in [-0.1, -0.05) is 44.6 Å². The average molecular weight is 1120 g/mol. The number of aromatic nitrogens is 3. The van der Waals surface area contributed by atoms with Crippen LogP contribution in [0.4, 0.5) is 21.1 Å². The van der Waals surface area contributed by atoms with Gasteiger partial charge in [-0.25, -0.2) is 19.6 Å². The van der Waals surface area contributed by atoms with E-state index in [4.69, 9.17) is 19.9 Å². The van der Waals surface area contributed by atoms with E-state index in [9.17, 15) is 43.2 Å². The van der Waals surface area contributed by atoms with E-state index in [1.54, 1.807) is 85.9 Å². The van der Waals surface area contributed by atoms with E-state index in [0.29, 0.717) is 91.3 Å². The first-order valence-electron chi connectivity index (χ1n) is 27.2. The highest BCUT2D eigenvalue weighted by Crippen LogP contribution is 2.54. The standard InChI is InChI=1S/C57H70N12O12/c1-36(2)56(3,65-46(70)11-6-5-9-26-68-48(72)20-21-49(68)73)53(76)63-42(10-7-8-25-59-54(58)77)52(75)62-38-14-12-37(13-15-38)33-81-55(78)69(32-39-16-19-44-51(61-39)64-47(71)34-80-44)45-22-27-66(35-57(45)23-24-57)28-29-67-43-30-40(79-4)17-18-41(43)60-31-50(67)74/h7,10,12-21,30-31,36,42,45H,5-6,8-9,11,22-29,32-35H2,1-4H3,(H,62,75)(H,63,76)(H,65,70)(H3,58,59,77)(H,61,64,71)/b10-7+. The first kappa shape index (κ1) is 58.5. The molecule has 7 N–H and O–H groups in total. The van der Waals surface area contributed by atoms with Crippen molar-refractivity contribution in [3.8, 4) is 11.5 Å². The second-order valence-corrected chi connectivity index (χ2v) is 21.2. The molecule has 3 unspecified atom stereocenters. The monoisotopic (exact) mass is 1110 g/mol. The van der Waals surface area contributed by atoms with Gasteiger partial charge in [-0.05, 0) is 93.3 Å². The molecule has 81 heavy (non-hydrogen) atoms. The van der Waals surface area contributed by atoms with Gasteiger partial charge in [0.2, 0.25) is 11.8 Å². The van der Waals surface area contributed by atoms with Crippen LogP contribution in [0, 0.1) is 11.3 Å². The molecule has 1 aliphatic carbocycles. The van der Waals surface area contributed by atoms with Crippen LogP contribution in [0.1, 0.15) is 83.4 Å². The molecule has 24 nitrogen and oxygen atoms in total. The molecular formula is C57H70N12O12. The third kappa shape index (κ3) is 14.8. The average Bonchev–Trinajstić information content (AvgIpc) is 4.22. The Morgan fingerprint density at radius 1 is 0.975 bits per heavy atom. The molecule has 3 aliphatic heterocycles. The molecule has 3 atom stereocenters. The lowest BCUT2D eigenvalue weighted by atomic mass is 9.86. The van der Waals surface area contributed by atoms with Gasteiger partial charge < -0.3 is 56.0 Å². The number of rotatable bonds is 25. The quantitative estimate of drug-likeness (QED) is 0.0312. The van der Waals surface area contributed by atoms with Crippen molar-refractivity contribution in [2.24, 2.45) is 17.1 Å². The highest BCUT2D eigenvalue weighted by atomic mass is 16.6. The summed E-state index contributed by atoms with van der Waals surface area (Å²) in [4.78, 5) is 130. The molecule has 1 saturated carbocycles. The number of urea groups is 1. The van der Waals surface area contributed by atoms with Crippen molar-refractivity contribution < 1.29 is 52.6 Å². The second-order valence-electron chi connectivity index (χ2n) is 21.2. The van der Waals surface area contributed by atoms with Crippen LogP contribution in [0.15, 0.2) is 89.9 Å². The van der Waals surface area contributed by atoms with Gasteiger partial charge in [-0.2, -0.15) is 0 Å². The molecule has 0 radical (unpaired) electrons. The minimum atomic E-state index is -1.44. The van der Waals surface area contributed by atoms with Gasteiger partial charge >= 0.3 is 12.1 Å². The predicted octanol–water partition coefficient (Wildman–Crippen LogP) is 3.88. The van der Waals surface area contributed by atoms with Crippen LogP contribution in [0.25, 0.3) is 11.0 Å². The Balaban J connectivity index is 0.903. The maximum Gasteiger partial charge on any atom is 0.410 e. The number of anilines is 2. The fourth-order valence-corrected chi connectivity index (χ4v) is 10.2. The molecule has 430 valence electrons. The number of amides is 9. The normalized spacial score (nSPS) is 17.5. The predicted molar refractivity (Wildman–Crippen MR) is 297 cm³/mol. The number of unbranched alkanes of at least 4 members (excludes halogenated alkanes) is 2. The van der Waals surface area contributed by atoms with Crippen LogP contribution in [0.2, 0.25) is 0 Å². The Kier molecular flexibility index (Phi) is 18.8. The van der Waals surface area contributed by atoms with Gasteiger partial charge in [0.25, 0.3) is 29.2 Å². The van der Waals surface area contributed by atoms with Gasteiger partial charge in [-0.15, -0.1) is 0 Å². The molecule has 4 aromatic rings. The van der Waals surface area contributed by atoms with Crippen molar-refractivity contribution >= 4 is 70.1 Å². The maximum absolute atomic E-state index is 14.5. The first-order chi connectivity index (χ1) is 38.8. The van der Waals surface area contributed by atoms with Crippen LogP contribution in [0.5, 0.6) is 11.5 Å². The Morgan fingerprint density at radius 2 is 1.74 bits per heavy atom. The molecule has 2 aromatic heterocycles. The number of hydrogen-bond acceptors (Lipinski definition) is 15. The summed E-state index contributed by atoms with van der Waals surface area (Å²) < 4.78 is 18.7. The molecule has 4 aliphatic rings. The molecule has 2 fully saturated rings. The van der Waals surface area contributed by atoms with Crippen molar-refractivity contribution in [1.29, 1.82) is 0 Å². The Labute approximate surface area is 468 Å². The van der Waals surface area contributed by atoms with Gasteiger partial charge in [-0.3, -0.25) is 43.4 Å². The number of imide groups is 1. The number of nitrogens with one attached hydrogen (secondary N) is 5. The number of primary amides is 1. The summed E-state index contributed by atoms with van der Waals surface area (Å²) in [5.74, 6) is -1.79. The number of ether oxygens (including phenoxy) is 3. The van der Waals surface area contributed by atoms with Crippen LogP contribution in [-0.4, -0.2) is 141 Å². The molecule has 5 heterocycles. The van der Waals surface area contributed by atoms with Gasteiger partial charge in [0, 0.05) is 81.1 Å². The van der Waals surface area contributed by atoms with Crippen molar-refractivity contribution in [2.75, 3.05) is 57.1 Å². The van der Waals surface area contributed by atoms with E-state index < -0.39 is 41.4 Å². The number of fused-ring (bicyclic) bond motifs is 2. The summed E-state index contributed by atoms with van der Waals surface area (Å²) in [6.07, 6.45) is 10.6. The maximum atomic E-state index is 14.5. The van der Waals surface area contributed by atoms with E-state index in [-0.39, 0.29) is 92.2 Å². The number of piperidine rings is 1. The van der Waals surface area contributed by atoms with Crippen LogP contribution in [-0.2, 0) is 53.2 Å². The van der Waals surface area contributed by atoms with E-state index in [0.717, 1.165) is 17.7 Å². The molecule has 1 saturated heterocycles. The zero-order valence-electron chi connectivity index (χ0n) is 46.0. The topological polar surface area (TPSA) is 308 Å². The largest absolute Gasteiger partial charge is 0.497 e. The lowest BCUT2D eigenvalue weighted by Crippen LogP contribution is -2.62. The van der Waals surface area contributed by atoms with Crippen molar-refractivity contribution in [1.82, 2.24) is 45.2 Å². The number of nitrogens with zero attached hydrogens (tertiary/aromatic N) is 6. The number of benzene rings is 2. The Morgan fingerprint density at radius 3 is 2.46 bits per heavy atom. The summed E-state index contributed by atoms with van der Waals surface area (Å²) in [5.41, 5.74) is 6.19. The number of carbonyl (C=O) groups is 8. The molecule has 2 aromatic carbocycles. The first-order valence-corrected chi connectivity index (χ1v) is 27.2. The Hall–Kier alpha value is -8.67. The fourth-order valence-electron chi connectivity index (χ4n) is 10.2. The van der Waals surface area contributed by atoms with Crippen LogP contribution >= 0.6 is 0 Å². The number of methoxy groups -OCH3 is 1. The minimum absolute atomic E-state index is 0.0839. The number of likely N-dealkylation sites (tertiary alicyclic amines) is 1. The van der Waals surface area contributed by atoms with Crippen LogP contribution < -0.4 is 47.4 Å². The highest BCUT2D eigenvalue weighted by molar-refractivity contribution is 6.12. The second kappa shape index (κ2) is 26.1. The number of pyridine rings is 1. The molecule has 0 bridgehead atoms. The minimum Gasteiger partial charge on any atom is -0.497 e. The van der Waals surface area contributed by atoms with Gasteiger partial charge in [0.15, 0.2) is 18.2 Å². The Bertz CT molecular complexity index is 3140. The molecule has 24 heteroatoms. The highest BCUT2D eigenvalue weighted by Gasteiger charge is 2.55. The fraction of sp³-hybridized carbons (Fsp3) is 0.456. The summed E-state index contributed by atoms with van der Waals surface area (Å²) >= 11 is 0. The number of nitrogens with two attached hydrogens (primary N) is 1. The van der Waals surface area contributed by atoms with E-state index in [2.05, 4.69) is 41.5 Å². The van der Waals surface area contributed by atoms with Gasteiger partial charge in [0.05, 0.1) is 36.6 Å². The lowest BCUT2D eigenvalue weighted by molar-refractivity contribution is -0.137. The van der Waals surface area contributed by atoms with Crippen molar-refractivity contribution in [3.63, 3.8) is 0 Å². The third-order valence-electron chi connectivity index (χ3n) is 15.3. The number of hydrogen-bond donors (Lipinski definition) is 6. The summed E-state index contributed by atoms with van der Waals surface area (Å²) in [5, 5.41) is 13.7. The molecule has 1 spiro atoms. The third-order valence-corrected chi connectivity index (χ3v) is 15.3. The SMILES string of the molecule is COc1ccc2ncc(=O)n(CCN3CCC(N(Cc4ccc5c(n4)NC(=O)CO5)C(=O)OCc4ccc(NC(=O)C(/C=C/CCNC(N)=O)NC(=O)C(C)(NC(=O)CCCCCN5C(=O)C=CC5=O)C(C)C)cc4)C4(CC4)C3)c2c1. The van der Waals surface area contributed by atoms with E-state index in [1.807, 2.05) is 12.1 Å². The van der Waals surface area contributed by atoms with Crippen LogP contribution in [0.3, 0.4) is 0 Å². The molecule has 9 amide bonds. The summed E-state index contributed by atoms with van der Waals surface area (Å²) in [6.45, 7) is 7.72. The van der Waals surface area contributed by atoms with Crippen molar-refractivity contribution in [2.45, 2.75) is 109 Å². The zero-order valence-corrected chi connectivity index (χ0v) is 46.0. The lowest BCUT2D eigenvalue weighted by Gasteiger charge is -2.44. The smallest absolute Gasteiger partial charge is 0.410 e. The zero-order chi connectivity index (χ0) is 57.8. The van der Waals surface area contributed by atoms with Gasteiger partial charge in [0.1, 0.15) is 23.9 Å². The number of carbonyl (C=O) groups excluding carboxylic acids is 8. The summed E-state index contributed by atoms with van der Waals surface area (Å²) in [7, 11) is 1.57. The van der Waals surface area contributed by atoms with E-state index in [1.165, 1.54) is 24.4 Å².